The van der Waals surface area contributed by atoms with E-state index in [1.165, 1.54) is 18.2 Å². The minimum Gasteiger partial charge on any atom is -0.487 e. The largest absolute Gasteiger partial charge is 0.487 e. The summed E-state index contributed by atoms with van der Waals surface area (Å²) in [6.45, 7) is 3.03. The van der Waals surface area contributed by atoms with Crippen molar-refractivity contribution in [3.8, 4) is 11.5 Å². The number of nitro groups is 2. The maximum Gasteiger partial charge on any atom is 0.418 e. The van der Waals surface area contributed by atoms with Gasteiger partial charge < -0.3 is 33.7 Å². The lowest BCUT2D eigenvalue weighted by Crippen LogP contribution is -2.13. The fourth-order valence-corrected chi connectivity index (χ4v) is 3.51. The summed E-state index contributed by atoms with van der Waals surface area (Å²) in [6.07, 6.45) is -4.40. The van der Waals surface area contributed by atoms with E-state index in [4.69, 9.17) is 28.4 Å². The number of hydrogen-bond donors (Lipinski definition) is 1. The predicted molar refractivity (Wildman–Crippen MR) is 133 cm³/mol. The van der Waals surface area contributed by atoms with Gasteiger partial charge in [-0.25, -0.2) is 0 Å². The molecule has 3 rings (SSSR count). The molecule has 0 atom stereocenters. The van der Waals surface area contributed by atoms with Gasteiger partial charge in [-0.05, 0) is 18.6 Å². The lowest BCUT2D eigenvalue weighted by molar-refractivity contribution is -0.394. The Hall–Kier alpha value is -3.73. The first-order valence-corrected chi connectivity index (χ1v) is 12.2. The summed E-state index contributed by atoms with van der Waals surface area (Å²) in [5.41, 5.74) is -4.75. The van der Waals surface area contributed by atoms with Crippen LogP contribution in [-0.4, -0.2) is 75.9 Å². The number of ether oxygens (including phenoxy) is 6. The summed E-state index contributed by atoms with van der Waals surface area (Å²) in [4.78, 5) is 20.4. The molecule has 0 saturated heterocycles. The smallest absolute Gasteiger partial charge is 0.418 e. The van der Waals surface area contributed by atoms with E-state index in [1.807, 2.05) is 0 Å². The highest BCUT2D eigenvalue weighted by Gasteiger charge is 2.39. The Morgan fingerprint density at radius 3 is 1.80 bits per heavy atom. The van der Waals surface area contributed by atoms with Gasteiger partial charge >= 0.3 is 6.18 Å². The third-order valence-corrected chi connectivity index (χ3v) is 5.32. The van der Waals surface area contributed by atoms with E-state index in [2.05, 4.69) is 5.32 Å². The second kappa shape index (κ2) is 15.2. The molecule has 40 heavy (non-hydrogen) atoms. The molecule has 0 unspecified atom stereocenters. The van der Waals surface area contributed by atoms with Crippen molar-refractivity contribution in [2.75, 3.05) is 71.4 Å². The van der Waals surface area contributed by atoms with Crippen LogP contribution in [0.5, 0.6) is 11.5 Å². The van der Waals surface area contributed by atoms with E-state index in [1.54, 1.807) is 0 Å². The SMILES string of the molecule is O=[N+]([O-])c1cc([N+](=O)[O-])c(Nc2ccc3c(c2)OCCOCCOCCCOCCOCCO3)c(C(F)(F)F)c1. The number of nitro benzene ring substituents is 2. The fourth-order valence-electron chi connectivity index (χ4n) is 3.51. The molecule has 0 saturated carbocycles. The maximum absolute atomic E-state index is 13.8. The zero-order valence-electron chi connectivity index (χ0n) is 21.3. The van der Waals surface area contributed by atoms with Gasteiger partial charge in [-0.2, -0.15) is 13.2 Å². The highest BCUT2D eigenvalue weighted by molar-refractivity contribution is 5.77. The number of nitrogens with zero attached hydrogens (tertiary/aromatic N) is 2. The third kappa shape index (κ3) is 9.48. The van der Waals surface area contributed by atoms with Gasteiger partial charge in [0.2, 0.25) is 0 Å². The van der Waals surface area contributed by atoms with E-state index < -0.39 is 38.6 Å². The van der Waals surface area contributed by atoms with Gasteiger partial charge in [0.1, 0.15) is 18.9 Å². The summed E-state index contributed by atoms with van der Waals surface area (Å²) < 4.78 is 74.5. The number of non-ortho nitro benzene ring substituents is 1. The van der Waals surface area contributed by atoms with Crippen LogP contribution in [0.4, 0.5) is 35.9 Å². The van der Waals surface area contributed by atoms with Crippen LogP contribution in [-0.2, 0) is 25.1 Å². The van der Waals surface area contributed by atoms with Gasteiger partial charge in [-0.15, -0.1) is 0 Å². The number of fused-ring (bicyclic) bond motifs is 1. The van der Waals surface area contributed by atoms with Crippen LogP contribution < -0.4 is 14.8 Å². The number of anilines is 2. The van der Waals surface area contributed by atoms with Crippen molar-refractivity contribution in [2.45, 2.75) is 12.6 Å². The average molecular weight is 575 g/mol. The van der Waals surface area contributed by atoms with Gasteiger partial charge in [0, 0.05) is 31.0 Å². The first-order chi connectivity index (χ1) is 19.2. The normalized spacial score (nSPS) is 16.7. The Morgan fingerprint density at radius 1 is 0.700 bits per heavy atom. The van der Waals surface area contributed by atoms with Crippen LogP contribution in [0.15, 0.2) is 30.3 Å². The molecule has 1 heterocycles. The van der Waals surface area contributed by atoms with Gasteiger partial charge in [0.15, 0.2) is 11.5 Å². The molecule has 0 aromatic heterocycles. The van der Waals surface area contributed by atoms with Crippen LogP contribution in [0.25, 0.3) is 0 Å². The maximum atomic E-state index is 13.8. The van der Waals surface area contributed by atoms with Crippen LogP contribution in [0, 0.1) is 20.2 Å². The number of benzene rings is 2. The fraction of sp³-hybridized carbons (Fsp3) is 0.500. The van der Waals surface area contributed by atoms with Crippen LogP contribution in [0.3, 0.4) is 0 Å². The molecular formula is C24H28F3N3O10. The van der Waals surface area contributed by atoms with Crippen molar-refractivity contribution in [3.63, 3.8) is 0 Å². The first-order valence-electron chi connectivity index (χ1n) is 12.2. The quantitative estimate of drug-likeness (QED) is 0.405. The zero-order valence-corrected chi connectivity index (χ0v) is 21.3. The Kier molecular flexibility index (Phi) is 11.7. The van der Waals surface area contributed by atoms with Gasteiger partial charge in [0.05, 0.1) is 61.1 Å². The van der Waals surface area contributed by atoms with E-state index in [0.717, 1.165) is 6.42 Å². The van der Waals surface area contributed by atoms with Gasteiger partial charge in [-0.3, -0.25) is 20.2 Å². The summed E-state index contributed by atoms with van der Waals surface area (Å²) in [5, 5.41) is 25.0. The molecule has 220 valence electrons. The molecule has 13 nitrogen and oxygen atoms in total. The highest BCUT2D eigenvalue weighted by atomic mass is 19.4. The van der Waals surface area contributed by atoms with Gasteiger partial charge in [0.25, 0.3) is 11.4 Å². The molecule has 0 fully saturated rings. The lowest BCUT2D eigenvalue weighted by atomic mass is 10.1. The molecule has 0 aliphatic carbocycles. The number of halogens is 3. The van der Waals surface area contributed by atoms with Crippen molar-refractivity contribution in [2.24, 2.45) is 0 Å². The molecule has 2 aromatic rings. The second-order valence-electron chi connectivity index (χ2n) is 8.19. The summed E-state index contributed by atoms with van der Waals surface area (Å²) in [5.74, 6) is 0.352. The topological polar surface area (TPSA) is 154 Å². The number of alkyl halides is 3. The summed E-state index contributed by atoms with van der Waals surface area (Å²) in [6, 6.07) is 4.71. The highest BCUT2D eigenvalue weighted by Crippen LogP contribution is 2.44. The number of nitrogens with one attached hydrogen (secondary N) is 1. The van der Waals surface area contributed by atoms with E-state index in [9.17, 15) is 33.4 Å². The monoisotopic (exact) mass is 575 g/mol. The second-order valence-corrected chi connectivity index (χ2v) is 8.19. The molecule has 0 bridgehead atoms. The van der Waals surface area contributed by atoms with Crippen molar-refractivity contribution in [1.29, 1.82) is 0 Å². The molecule has 16 heteroatoms. The molecule has 1 N–H and O–H groups in total. The van der Waals surface area contributed by atoms with Crippen LogP contribution in [0.1, 0.15) is 12.0 Å². The van der Waals surface area contributed by atoms with Crippen molar-refractivity contribution in [1.82, 2.24) is 0 Å². The molecule has 0 spiro atoms. The number of rotatable bonds is 4. The third-order valence-electron chi connectivity index (χ3n) is 5.32. The Bertz CT molecular complexity index is 1150. The summed E-state index contributed by atoms with van der Waals surface area (Å²) >= 11 is 0. The van der Waals surface area contributed by atoms with Crippen molar-refractivity contribution in [3.05, 3.63) is 56.1 Å². The molecule has 1 aliphatic rings. The zero-order chi connectivity index (χ0) is 29.0. The molecule has 2 aromatic carbocycles. The molecule has 1 aliphatic heterocycles. The lowest BCUT2D eigenvalue weighted by Gasteiger charge is -2.17. The Morgan fingerprint density at radius 2 is 1.25 bits per heavy atom. The predicted octanol–water partition coefficient (Wildman–Crippen LogP) is 4.49. The van der Waals surface area contributed by atoms with Crippen LogP contribution >= 0.6 is 0 Å². The Balaban J connectivity index is 1.85. The molecular weight excluding hydrogens is 547 g/mol. The molecule has 0 radical (unpaired) electrons. The van der Waals surface area contributed by atoms with Crippen molar-refractivity contribution < 1.29 is 51.4 Å². The van der Waals surface area contributed by atoms with Gasteiger partial charge in [-0.1, -0.05) is 0 Å². The van der Waals surface area contributed by atoms with E-state index in [0.29, 0.717) is 45.7 Å². The Labute approximate surface area is 226 Å². The summed E-state index contributed by atoms with van der Waals surface area (Å²) in [7, 11) is 0. The average Bonchev–Trinajstić information content (AvgIpc) is 2.90. The standard InChI is InChI=1S/C24H28F3N3O10/c25-24(26,27)19-15-18(29(31)32)16-20(30(33)34)23(19)28-17-2-3-21-22(14-17)40-13-11-38-9-7-36-5-1-4-35-6-8-37-10-12-39-21/h2-3,14-16,28H,1,4-13H2. The van der Waals surface area contributed by atoms with E-state index in [-0.39, 0.29) is 49.7 Å². The minimum absolute atomic E-state index is 0.0223. The molecule has 0 amide bonds. The number of hydrogen-bond acceptors (Lipinski definition) is 11. The van der Waals surface area contributed by atoms with Crippen LogP contribution in [0.2, 0.25) is 0 Å². The van der Waals surface area contributed by atoms with Crippen molar-refractivity contribution >= 4 is 22.7 Å². The van der Waals surface area contributed by atoms with E-state index >= 15 is 0 Å². The minimum atomic E-state index is -5.13. The first kappa shape index (κ1) is 30.8.